The van der Waals surface area contributed by atoms with Crippen LogP contribution < -0.4 is 5.32 Å². The Morgan fingerprint density at radius 3 is 2.86 bits per heavy atom. The van der Waals surface area contributed by atoms with Crippen molar-refractivity contribution in [1.29, 1.82) is 0 Å². The lowest BCUT2D eigenvalue weighted by Crippen LogP contribution is -2.42. The summed E-state index contributed by atoms with van der Waals surface area (Å²) >= 11 is 1.71. The molecule has 1 saturated heterocycles. The van der Waals surface area contributed by atoms with Gasteiger partial charge in [-0.15, -0.1) is 11.3 Å². The number of likely N-dealkylation sites (tertiary alicyclic amines) is 1. The van der Waals surface area contributed by atoms with Gasteiger partial charge in [0.05, 0.1) is 13.1 Å². The molecule has 0 saturated carbocycles. The molecule has 2 heterocycles. The highest BCUT2D eigenvalue weighted by molar-refractivity contribution is 7.09. The Hall–Kier alpha value is -0.910. The van der Waals surface area contributed by atoms with E-state index in [2.05, 4.69) is 21.7 Å². The van der Waals surface area contributed by atoms with Gasteiger partial charge in [0.15, 0.2) is 0 Å². The van der Waals surface area contributed by atoms with Gasteiger partial charge in [-0.3, -0.25) is 9.69 Å². The van der Waals surface area contributed by atoms with Gasteiger partial charge in [-0.05, 0) is 63.3 Å². The number of nitrogens with one attached hydrogen (secondary N) is 1. The second kappa shape index (κ2) is 8.51. The third kappa shape index (κ3) is 5.41. The SMILES string of the molecule is CNCCC1CCN(CC(=O)N(C)Cc2cccs2)CC1. The van der Waals surface area contributed by atoms with Crippen molar-refractivity contribution >= 4 is 17.2 Å². The predicted molar refractivity (Wildman–Crippen MR) is 88.5 cm³/mol. The molecule has 0 spiro atoms. The van der Waals surface area contributed by atoms with Gasteiger partial charge in [0.2, 0.25) is 5.91 Å². The molecule has 0 aromatic carbocycles. The lowest BCUT2D eigenvalue weighted by Gasteiger charge is -2.32. The molecule has 0 atom stereocenters. The molecule has 0 radical (unpaired) electrons. The first-order chi connectivity index (χ1) is 10.2. The Labute approximate surface area is 132 Å². The lowest BCUT2D eigenvalue weighted by molar-refractivity contribution is -0.132. The van der Waals surface area contributed by atoms with Crippen molar-refractivity contribution < 1.29 is 4.79 Å². The highest BCUT2D eigenvalue weighted by Crippen LogP contribution is 2.20. The van der Waals surface area contributed by atoms with Gasteiger partial charge in [0.1, 0.15) is 0 Å². The van der Waals surface area contributed by atoms with Crippen LogP contribution in [0.3, 0.4) is 0 Å². The summed E-state index contributed by atoms with van der Waals surface area (Å²) in [7, 11) is 3.92. The maximum Gasteiger partial charge on any atom is 0.236 e. The molecular formula is C16H27N3OS. The third-order valence-corrected chi connectivity index (χ3v) is 5.13. The zero-order valence-electron chi connectivity index (χ0n) is 13.2. The fraction of sp³-hybridized carbons (Fsp3) is 0.688. The molecular weight excluding hydrogens is 282 g/mol. The fourth-order valence-electron chi connectivity index (χ4n) is 2.82. The van der Waals surface area contributed by atoms with Crippen LogP contribution in [0.1, 0.15) is 24.1 Å². The summed E-state index contributed by atoms with van der Waals surface area (Å²) in [5, 5.41) is 5.28. The number of carbonyl (C=O) groups is 1. The molecule has 21 heavy (non-hydrogen) atoms. The van der Waals surface area contributed by atoms with Crippen LogP contribution in [-0.2, 0) is 11.3 Å². The summed E-state index contributed by atoms with van der Waals surface area (Å²) in [6.45, 7) is 4.53. The summed E-state index contributed by atoms with van der Waals surface area (Å²) in [6.07, 6.45) is 3.71. The van der Waals surface area contributed by atoms with E-state index < -0.39 is 0 Å². The number of nitrogens with zero attached hydrogens (tertiary/aromatic N) is 2. The lowest BCUT2D eigenvalue weighted by atomic mass is 9.93. The van der Waals surface area contributed by atoms with Gasteiger partial charge in [-0.2, -0.15) is 0 Å². The van der Waals surface area contributed by atoms with Crippen LogP contribution in [0.4, 0.5) is 0 Å². The zero-order valence-corrected chi connectivity index (χ0v) is 14.0. The van der Waals surface area contributed by atoms with E-state index in [4.69, 9.17) is 0 Å². The topological polar surface area (TPSA) is 35.6 Å². The average molecular weight is 309 g/mol. The van der Waals surface area contributed by atoms with Crippen LogP contribution in [0.15, 0.2) is 17.5 Å². The minimum Gasteiger partial charge on any atom is -0.340 e. The highest BCUT2D eigenvalue weighted by Gasteiger charge is 2.21. The minimum atomic E-state index is 0.233. The van der Waals surface area contributed by atoms with E-state index in [-0.39, 0.29) is 5.91 Å². The monoisotopic (exact) mass is 309 g/mol. The van der Waals surface area contributed by atoms with Crippen molar-refractivity contribution in [3.63, 3.8) is 0 Å². The van der Waals surface area contributed by atoms with Gasteiger partial charge in [0.25, 0.3) is 0 Å². The van der Waals surface area contributed by atoms with Gasteiger partial charge >= 0.3 is 0 Å². The van der Waals surface area contributed by atoms with E-state index in [0.29, 0.717) is 6.54 Å². The highest BCUT2D eigenvalue weighted by atomic mass is 32.1. The standard InChI is InChI=1S/C16H27N3OS/c1-17-8-5-14-6-9-19(10-7-14)13-16(20)18(2)12-15-4-3-11-21-15/h3-4,11,14,17H,5-10,12-13H2,1-2H3. The number of carbonyl (C=O) groups excluding carboxylic acids is 1. The average Bonchev–Trinajstić information content (AvgIpc) is 2.99. The van der Waals surface area contributed by atoms with E-state index in [1.807, 2.05) is 25.1 Å². The summed E-state index contributed by atoms with van der Waals surface area (Å²) in [5.74, 6) is 1.06. The fourth-order valence-corrected chi connectivity index (χ4v) is 3.58. The van der Waals surface area contributed by atoms with Crippen LogP contribution in [-0.4, -0.2) is 56.0 Å². The first-order valence-electron chi connectivity index (χ1n) is 7.82. The summed E-state index contributed by atoms with van der Waals surface area (Å²) < 4.78 is 0. The van der Waals surface area contributed by atoms with Gasteiger partial charge < -0.3 is 10.2 Å². The molecule has 1 amide bonds. The summed E-state index contributed by atoms with van der Waals surface area (Å²) in [5.41, 5.74) is 0. The second-order valence-corrected chi connectivity index (χ2v) is 6.97. The molecule has 1 aliphatic heterocycles. The zero-order chi connectivity index (χ0) is 15.1. The van der Waals surface area contributed by atoms with Crippen LogP contribution in [0.2, 0.25) is 0 Å². The number of piperidine rings is 1. The number of rotatable bonds is 7. The van der Waals surface area contributed by atoms with Crippen molar-refractivity contribution in [2.24, 2.45) is 5.92 Å². The first kappa shape index (κ1) is 16.5. The Bertz CT molecular complexity index is 413. The van der Waals surface area contributed by atoms with Gasteiger partial charge in [0, 0.05) is 11.9 Å². The number of hydrogen-bond donors (Lipinski definition) is 1. The Morgan fingerprint density at radius 1 is 1.48 bits per heavy atom. The smallest absolute Gasteiger partial charge is 0.236 e. The molecule has 0 unspecified atom stereocenters. The minimum absolute atomic E-state index is 0.233. The van der Waals surface area contributed by atoms with Gasteiger partial charge in [-0.1, -0.05) is 6.07 Å². The van der Waals surface area contributed by atoms with Crippen LogP contribution in [0.25, 0.3) is 0 Å². The first-order valence-corrected chi connectivity index (χ1v) is 8.70. The number of thiophene rings is 1. The predicted octanol–water partition coefficient (Wildman–Crippen LogP) is 2.03. The largest absolute Gasteiger partial charge is 0.340 e. The molecule has 4 nitrogen and oxygen atoms in total. The normalized spacial score (nSPS) is 17.0. The Balaban J connectivity index is 1.69. The van der Waals surface area contributed by atoms with Gasteiger partial charge in [-0.25, -0.2) is 0 Å². The van der Waals surface area contributed by atoms with Crippen LogP contribution >= 0.6 is 11.3 Å². The quantitative estimate of drug-likeness (QED) is 0.837. The van der Waals surface area contributed by atoms with Crippen molar-refractivity contribution in [2.75, 3.05) is 40.3 Å². The van der Waals surface area contributed by atoms with E-state index >= 15 is 0 Å². The molecule has 1 fully saturated rings. The molecule has 5 heteroatoms. The molecule has 1 aromatic rings. The molecule has 2 rings (SSSR count). The Morgan fingerprint density at radius 2 is 2.24 bits per heavy atom. The maximum absolute atomic E-state index is 12.3. The van der Waals surface area contributed by atoms with E-state index in [1.54, 1.807) is 11.3 Å². The molecule has 1 aromatic heterocycles. The second-order valence-electron chi connectivity index (χ2n) is 5.94. The molecule has 1 N–H and O–H groups in total. The van der Waals surface area contributed by atoms with Crippen molar-refractivity contribution in [3.8, 4) is 0 Å². The van der Waals surface area contributed by atoms with E-state index in [1.165, 1.54) is 24.1 Å². The van der Waals surface area contributed by atoms with Crippen molar-refractivity contribution in [1.82, 2.24) is 15.1 Å². The van der Waals surface area contributed by atoms with Crippen molar-refractivity contribution in [3.05, 3.63) is 22.4 Å². The molecule has 1 aliphatic rings. The third-order valence-electron chi connectivity index (χ3n) is 4.27. The Kier molecular flexibility index (Phi) is 6.67. The molecule has 0 bridgehead atoms. The van der Waals surface area contributed by atoms with Crippen molar-refractivity contribution in [2.45, 2.75) is 25.8 Å². The number of hydrogen-bond acceptors (Lipinski definition) is 4. The molecule has 118 valence electrons. The summed E-state index contributed by atoms with van der Waals surface area (Å²) in [4.78, 5) is 17.7. The van der Waals surface area contributed by atoms with E-state index in [9.17, 15) is 4.79 Å². The molecule has 0 aliphatic carbocycles. The number of likely N-dealkylation sites (N-methyl/N-ethyl adjacent to an activating group) is 1. The van der Waals surface area contributed by atoms with Crippen LogP contribution in [0, 0.1) is 5.92 Å². The number of amides is 1. The van der Waals surface area contributed by atoms with E-state index in [0.717, 1.165) is 32.1 Å². The maximum atomic E-state index is 12.3. The van der Waals surface area contributed by atoms with Crippen LogP contribution in [0.5, 0.6) is 0 Å². The summed E-state index contributed by atoms with van der Waals surface area (Å²) in [6, 6.07) is 4.12.